The molecule has 0 aliphatic heterocycles. The van der Waals surface area contributed by atoms with Gasteiger partial charge in [0.2, 0.25) is 0 Å². The molecule has 8 heteroatoms. The van der Waals surface area contributed by atoms with Gasteiger partial charge in [-0.3, -0.25) is 4.79 Å². The third kappa shape index (κ3) is 4.59. The van der Waals surface area contributed by atoms with E-state index in [9.17, 15) is 4.79 Å². The van der Waals surface area contributed by atoms with Crippen molar-refractivity contribution in [2.45, 2.75) is 44.4 Å². The number of aryl methyl sites for hydroxylation is 2. The van der Waals surface area contributed by atoms with Crippen LogP contribution in [0.2, 0.25) is 0 Å². The molecule has 0 amide bonds. The van der Waals surface area contributed by atoms with Crippen molar-refractivity contribution in [2.75, 3.05) is 5.75 Å². The highest BCUT2D eigenvalue weighted by molar-refractivity contribution is 7.99. The molecule has 0 unspecified atom stereocenters. The number of imidazole rings is 1. The van der Waals surface area contributed by atoms with Crippen molar-refractivity contribution in [3.05, 3.63) is 24.5 Å². The molecule has 0 atom stereocenters. The third-order valence-electron chi connectivity index (χ3n) is 3.04. The molecule has 2 heterocycles. The fraction of sp³-hybridized carbons (Fsp3) is 0.538. The summed E-state index contributed by atoms with van der Waals surface area (Å²) in [5.74, 6) is 0.0786. The van der Waals surface area contributed by atoms with Gasteiger partial charge in [0, 0.05) is 31.9 Å². The zero-order valence-corrected chi connectivity index (χ0v) is 12.8. The van der Waals surface area contributed by atoms with Gasteiger partial charge in [-0.05, 0) is 12.8 Å². The molecule has 7 nitrogen and oxygen atoms in total. The van der Waals surface area contributed by atoms with Gasteiger partial charge in [0.25, 0.3) is 0 Å². The Morgan fingerprint density at radius 1 is 1.33 bits per heavy atom. The van der Waals surface area contributed by atoms with Crippen LogP contribution in [0.1, 0.15) is 25.6 Å². The van der Waals surface area contributed by atoms with Crippen LogP contribution < -0.4 is 0 Å². The summed E-state index contributed by atoms with van der Waals surface area (Å²) in [7, 11) is 0. The van der Waals surface area contributed by atoms with Crippen LogP contribution in [0.3, 0.4) is 0 Å². The number of hydrogen-bond donors (Lipinski definition) is 1. The molecule has 0 bridgehead atoms. The van der Waals surface area contributed by atoms with Gasteiger partial charge in [-0.25, -0.2) is 4.98 Å². The molecule has 0 fully saturated rings. The summed E-state index contributed by atoms with van der Waals surface area (Å²) in [5.41, 5.74) is 0. The summed E-state index contributed by atoms with van der Waals surface area (Å²) in [4.78, 5) is 14.7. The van der Waals surface area contributed by atoms with E-state index in [-0.39, 0.29) is 5.75 Å². The SMILES string of the molecule is CCc1nnc(SCC(=O)O)n1CCCCn1ccnc1. The van der Waals surface area contributed by atoms with Crippen LogP contribution in [0, 0.1) is 0 Å². The van der Waals surface area contributed by atoms with Gasteiger partial charge in [0.15, 0.2) is 5.16 Å². The van der Waals surface area contributed by atoms with Crippen molar-refractivity contribution in [3.63, 3.8) is 0 Å². The van der Waals surface area contributed by atoms with E-state index >= 15 is 0 Å². The van der Waals surface area contributed by atoms with Crippen molar-refractivity contribution in [2.24, 2.45) is 0 Å². The average molecular weight is 309 g/mol. The zero-order valence-electron chi connectivity index (χ0n) is 12.0. The van der Waals surface area contributed by atoms with Crippen molar-refractivity contribution < 1.29 is 9.90 Å². The Hall–Kier alpha value is -1.83. The van der Waals surface area contributed by atoms with E-state index in [1.807, 2.05) is 28.6 Å². The number of aromatic nitrogens is 5. The van der Waals surface area contributed by atoms with Crippen LogP contribution in [0.25, 0.3) is 0 Å². The van der Waals surface area contributed by atoms with E-state index < -0.39 is 5.97 Å². The zero-order chi connectivity index (χ0) is 15.1. The maximum atomic E-state index is 10.7. The number of carbonyl (C=O) groups is 1. The van der Waals surface area contributed by atoms with Crippen LogP contribution in [0.4, 0.5) is 0 Å². The van der Waals surface area contributed by atoms with E-state index in [4.69, 9.17) is 5.11 Å². The summed E-state index contributed by atoms with van der Waals surface area (Å²) in [6.07, 6.45) is 8.34. The first-order chi connectivity index (χ1) is 10.2. The molecular formula is C13H19N5O2S. The fourth-order valence-corrected chi connectivity index (χ4v) is 2.73. The lowest BCUT2D eigenvalue weighted by Crippen LogP contribution is -2.07. The Kier molecular flexibility index (Phi) is 5.79. The lowest BCUT2D eigenvalue weighted by atomic mass is 10.3. The van der Waals surface area contributed by atoms with Crippen molar-refractivity contribution >= 4 is 17.7 Å². The van der Waals surface area contributed by atoms with E-state index in [0.29, 0.717) is 5.16 Å². The van der Waals surface area contributed by atoms with E-state index in [1.54, 1.807) is 6.20 Å². The van der Waals surface area contributed by atoms with Crippen molar-refractivity contribution in [1.82, 2.24) is 24.3 Å². The molecule has 1 N–H and O–H groups in total. The standard InChI is InChI=1S/C13H19N5O2S/c1-2-11-15-16-13(21-9-12(19)20)18(11)7-4-3-6-17-8-5-14-10-17/h5,8,10H,2-4,6-7,9H2,1H3,(H,19,20). The number of thioether (sulfide) groups is 1. The maximum absolute atomic E-state index is 10.7. The quantitative estimate of drug-likeness (QED) is 0.560. The largest absolute Gasteiger partial charge is 0.481 e. The number of aliphatic carboxylic acids is 1. The number of carboxylic acids is 1. The number of unbranched alkanes of at least 4 members (excludes halogenated alkanes) is 1. The van der Waals surface area contributed by atoms with Crippen LogP contribution in [-0.4, -0.2) is 41.1 Å². The molecule has 2 rings (SSSR count). The highest BCUT2D eigenvalue weighted by Gasteiger charge is 2.12. The monoisotopic (exact) mass is 309 g/mol. The first-order valence-electron chi connectivity index (χ1n) is 6.93. The fourth-order valence-electron chi connectivity index (χ4n) is 2.02. The smallest absolute Gasteiger partial charge is 0.313 e. The first-order valence-corrected chi connectivity index (χ1v) is 7.91. The molecule has 0 aromatic carbocycles. The molecule has 0 spiro atoms. The Labute approximate surface area is 127 Å². The molecule has 21 heavy (non-hydrogen) atoms. The van der Waals surface area contributed by atoms with Crippen LogP contribution in [0.5, 0.6) is 0 Å². The molecule has 2 aromatic heterocycles. The topological polar surface area (TPSA) is 85.8 Å². The second kappa shape index (κ2) is 7.82. The molecule has 0 saturated carbocycles. The summed E-state index contributed by atoms with van der Waals surface area (Å²) < 4.78 is 4.08. The predicted molar refractivity (Wildman–Crippen MR) is 79.2 cm³/mol. The Morgan fingerprint density at radius 3 is 2.81 bits per heavy atom. The van der Waals surface area contributed by atoms with Crippen LogP contribution >= 0.6 is 11.8 Å². The third-order valence-corrected chi connectivity index (χ3v) is 3.99. The minimum Gasteiger partial charge on any atom is -0.481 e. The molecule has 114 valence electrons. The minimum atomic E-state index is -0.840. The molecule has 2 aromatic rings. The lowest BCUT2D eigenvalue weighted by Gasteiger charge is -2.09. The number of carboxylic acid groups (broad SMARTS) is 1. The second-order valence-corrected chi connectivity index (χ2v) is 5.54. The minimum absolute atomic E-state index is 0.0108. The van der Waals surface area contributed by atoms with E-state index in [1.165, 1.54) is 11.8 Å². The summed E-state index contributed by atoms with van der Waals surface area (Å²) in [5, 5.41) is 17.7. The van der Waals surface area contributed by atoms with Crippen molar-refractivity contribution in [1.29, 1.82) is 0 Å². The number of nitrogens with zero attached hydrogens (tertiary/aromatic N) is 5. The van der Waals surface area contributed by atoms with Gasteiger partial charge in [-0.2, -0.15) is 0 Å². The maximum Gasteiger partial charge on any atom is 0.313 e. The highest BCUT2D eigenvalue weighted by Crippen LogP contribution is 2.18. The average Bonchev–Trinajstić information content (AvgIpc) is 3.10. The highest BCUT2D eigenvalue weighted by atomic mass is 32.2. The Balaban J connectivity index is 1.87. The van der Waals surface area contributed by atoms with Gasteiger partial charge in [-0.1, -0.05) is 18.7 Å². The van der Waals surface area contributed by atoms with Gasteiger partial charge in [-0.15, -0.1) is 10.2 Å². The van der Waals surface area contributed by atoms with Gasteiger partial charge in [0.05, 0.1) is 12.1 Å². The molecule has 0 saturated heterocycles. The van der Waals surface area contributed by atoms with Gasteiger partial charge in [0.1, 0.15) is 5.82 Å². The first kappa shape index (κ1) is 15.6. The second-order valence-electron chi connectivity index (χ2n) is 4.59. The summed E-state index contributed by atoms with van der Waals surface area (Å²) in [6.45, 7) is 3.77. The van der Waals surface area contributed by atoms with Crippen LogP contribution in [-0.2, 0) is 24.3 Å². The normalized spacial score (nSPS) is 10.9. The Morgan fingerprint density at radius 2 is 2.14 bits per heavy atom. The Bertz CT molecular complexity index is 567. The summed E-state index contributed by atoms with van der Waals surface area (Å²) in [6, 6.07) is 0. The number of hydrogen-bond acceptors (Lipinski definition) is 5. The number of rotatable bonds is 9. The molecule has 0 aliphatic rings. The van der Waals surface area contributed by atoms with Crippen LogP contribution in [0.15, 0.2) is 23.9 Å². The predicted octanol–water partition coefficient (Wildman–Crippen LogP) is 1.69. The lowest BCUT2D eigenvalue weighted by molar-refractivity contribution is -0.133. The van der Waals surface area contributed by atoms with Gasteiger partial charge < -0.3 is 14.2 Å². The molecule has 0 aliphatic carbocycles. The molecular weight excluding hydrogens is 290 g/mol. The van der Waals surface area contributed by atoms with Gasteiger partial charge >= 0.3 is 5.97 Å². The van der Waals surface area contributed by atoms with E-state index in [0.717, 1.165) is 38.2 Å². The molecule has 0 radical (unpaired) electrons. The van der Waals surface area contributed by atoms with E-state index in [2.05, 4.69) is 15.2 Å². The van der Waals surface area contributed by atoms with Crippen molar-refractivity contribution in [3.8, 4) is 0 Å². The summed E-state index contributed by atoms with van der Waals surface area (Å²) >= 11 is 1.22.